The van der Waals surface area contributed by atoms with Crippen LogP contribution in [0.15, 0.2) is 23.8 Å². The number of carbonyl (C=O) groups is 2. The van der Waals surface area contributed by atoms with Gasteiger partial charge in [0.05, 0.1) is 24.5 Å². The van der Waals surface area contributed by atoms with Crippen molar-refractivity contribution in [1.29, 1.82) is 0 Å². The van der Waals surface area contributed by atoms with Crippen LogP contribution < -0.4 is 0 Å². The fraction of sp³-hybridized carbons (Fsp3) is 0.739. The molecule has 8 unspecified atom stereocenters. The average Bonchev–Trinajstić information content (AvgIpc) is 2.65. The molecule has 0 aromatic carbocycles. The van der Waals surface area contributed by atoms with Crippen molar-refractivity contribution in [1.82, 2.24) is 0 Å². The van der Waals surface area contributed by atoms with Crippen LogP contribution in [0.2, 0.25) is 0 Å². The highest BCUT2D eigenvalue weighted by Gasteiger charge is 2.42. The molecule has 1 heterocycles. The van der Waals surface area contributed by atoms with Gasteiger partial charge in [0.25, 0.3) is 0 Å². The molecule has 0 radical (unpaired) electrons. The van der Waals surface area contributed by atoms with Crippen LogP contribution in [-0.2, 0) is 19.1 Å². The lowest BCUT2D eigenvalue weighted by Crippen LogP contribution is -2.43. The first-order valence-electron chi connectivity index (χ1n) is 10.9. The molecule has 0 amide bonds. The van der Waals surface area contributed by atoms with Gasteiger partial charge in [-0.15, -0.1) is 0 Å². The second-order valence-electron chi connectivity index (χ2n) is 8.95. The van der Waals surface area contributed by atoms with Gasteiger partial charge in [0, 0.05) is 18.8 Å². The Kier molecular flexibility index (Phi) is 7.17. The van der Waals surface area contributed by atoms with Gasteiger partial charge in [-0.2, -0.15) is 0 Å². The second-order valence-corrected chi connectivity index (χ2v) is 8.95. The van der Waals surface area contributed by atoms with E-state index in [0.717, 1.165) is 18.4 Å². The molecule has 2 aliphatic carbocycles. The third kappa shape index (κ3) is 5.28. The SMILES string of the molecule is CCC(C)C(=O)OC1CC(O)C=C2C=CC(C)C(CCC3CC(O)CC(=O)O3)C21. The van der Waals surface area contributed by atoms with E-state index in [4.69, 9.17) is 9.47 Å². The number of hydrogen-bond acceptors (Lipinski definition) is 6. The lowest BCUT2D eigenvalue weighted by molar-refractivity contribution is -0.162. The van der Waals surface area contributed by atoms with Crippen molar-refractivity contribution in [2.24, 2.45) is 23.7 Å². The molecule has 29 heavy (non-hydrogen) atoms. The molecule has 0 aromatic rings. The van der Waals surface area contributed by atoms with E-state index in [0.29, 0.717) is 19.3 Å². The van der Waals surface area contributed by atoms with Crippen LogP contribution >= 0.6 is 0 Å². The smallest absolute Gasteiger partial charge is 0.308 e. The Bertz CT molecular complexity index is 668. The van der Waals surface area contributed by atoms with Crippen molar-refractivity contribution in [3.05, 3.63) is 23.8 Å². The molecule has 6 heteroatoms. The van der Waals surface area contributed by atoms with Crippen molar-refractivity contribution in [3.8, 4) is 0 Å². The maximum absolute atomic E-state index is 12.5. The zero-order valence-electron chi connectivity index (χ0n) is 17.6. The molecule has 1 aliphatic heterocycles. The highest BCUT2D eigenvalue weighted by atomic mass is 16.6. The monoisotopic (exact) mass is 406 g/mol. The van der Waals surface area contributed by atoms with Crippen LogP contribution in [0.1, 0.15) is 59.3 Å². The third-order valence-electron chi connectivity index (χ3n) is 6.71. The molecule has 6 nitrogen and oxygen atoms in total. The molecule has 0 spiro atoms. The molecular weight excluding hydrogens is 372 g/mol. The molecule has 3 aliphatic rings. The topological polar surface area (TPSA) is 93.1 Å². The number of ether oxygens (including phenoxy) is 2. The summed E-state index contributed by atoms with van der Waals surface area (Å²) in [6, 6.07) is 0. The van der Waals surface area contributed by atoms with Crippen LogP contribution in [0, 0.1) is 23.7 Å². The molecule has 0 saturated carbocycles. The Morgan fingerprint density at radius 3 is 2.76 bits per heavy atom. The lowest BCUT2D eigenvalue weighted by Gasteiger charge is -2.43. The van der Waals surface area contributed by atoms with Crippen molar-refractivity contribution >= 4 is 11.9 Å². The molecule has 0 bridgehead atoms. The number of aliphatic hydroxyl groups excluding tert-OH is 2. The van der Waals surface area contributed by atoms with E-state index in [1.165, 1.54) is 0 Å². The maximum Gasteiger partial charge on any atom is 0.308 e. The first-order chi connectivity index (χ1) is 13.8. The fourth-order valence-electron chi connectivity index (χ4n) is 4.84. The van der Waals surface area contributed by atoms with Crippen LogP contribution in [0.4, 0.5) is 0 Å². The van der Waals surface area contributed by atoms with E-state index >= 15 is 0 Å². The minimum absolute atomic E-state index is 0.0237. The Balaban J connectivity index is 1.74. The first-order valence-corrected chi connectivity index (χ1v) is 10.9. The van der Waals surface area contributed by atoms with Gasteiger partial charge in [0.2, 0.25) is 0 Å². The Hall–Kier alpha value is -1.66. The average molecular weight is 407 g/mol. The highest BCUT2D eigenvalue weighted by Crippen LogP contribution is 2.44. The van der Waals surface area contributed by atoms with E-state index in [9.17, 15) is 19.8 Å². The number of hydrogen-bond donors (Lipinski definition) is 2. The molecule has 1 saturated heterocycles. The van der Waals surface area contributed by atoms with E-state index in [2.05, 4.69) is 13.0 Å². The number of aliphatic hydroxyl groups is 2. The molecule has 3 rings (SSSR count). The molecule has 8 atom stereocenters. The van der Waals surface area contributed by atoms with Crippen LogP contribution in [-0.4, -0.2) is 46.6 Å². The van der Waals surface area contributed by atoms with E-state index in [1.54, 1.807) is 0 Å². The van der Waals surface area contributed by atoms with Crippen LogP contribution in [0.25, 0.3) is 0 Å². The summed E-state index contributed by atoms with van der Waals surface area (Å²) in [6.07, 6.45) is 7.31. The van der Waals surface area contributed by atoms with Crippen molar-refractivity contribution in [3.63, 3.8) is 0 Å². The third-order valence-corrected chi connectivity index (χ3v) is 6.71. The largest absolute Gasteiger partial charge is 0.462 e. The van der Waals surface area contributed by atoms with Gasteiger partial charge in [-0.05, 0) is 36.7 Å². The van der Waals surface area contributed by atoms with E-state index in [1.807, 2.05) is 26.0 Å². The van der Waals surface area contributed by atoms with Crippen molar-refractivity contribution in [2.75, 3.05) is 0 Å². The Morgan fingerprint density at radius 1 is 1.31 bits per heavy atom. The number of cyclic esters (lactones) is 1. The minimum Gasteiger partial charge on any atom is -0.462 e. The van der Waals surface area contributed by atoms with Crippen LogP contribution in [0.5, 0.6) is 0 Å². The predicted molar refractivity (Wildman–Crippen MR) is 108 cm³/mol. The number of carbonyl (C=O) groups excluding carboxylic acids is 2. The Labute approximate surface area is 173 Å². The van der Waals surface area contributed by atoms with Crippen LogP contribution in [0.3, 0.4) is 0 Å². The van der Waals surface area contributed by atoms with E-state index < -0.39 is 12.2 Å². The number of allylic oxidation sites excluding steroid dienone is 2. The standard InChI is InChI=1S/C23H34O6/c1-4-13(2)23(27)29-20-11-16(24)9-15-6-5-14(3)19(22(15)20)8-7-18-10-17(25)12-21(26)28-18/h5-6,9,13-14,16-20,22,24-25H,4,7-8,10-12H2,1-3H3. The van der Waals surface area contributed by atoms with E-state index in [-0.39, 0.29) is 54.2 Å². The quantitative estimate of drug-likeness (QED) is 0.659. The zero-order chi connectivity index (χ0) is 21.1. The summed E-state index contributed by atoms with van der Waals surface area (Å²) >= 11 is 0. The number of rotatable bonds is 6. The minimum atomic E-state index is -0.630. The predicted octanol–water partition coefficient (Wildman–Crippen LogP) is 2.92. The molecule has 162 valence electrons. The summed E-state index contributed by atoms with van der Waals surface area (Å²) in [6.45, 7) is 5.97. The molecular formula is C23H34O6. The van der Waals surface area contributed by atoms with Gasteiger partial charge in [-0.25, -0.2) is 0 Å². The molecule has 0 aromatic heterocycles. The number of fused-ring (bicyclic) bond motifs is 1. The van der Waals surface area contributed by atoms with Crippen molar-refractivity contribution in [2.45, 2.75) is 83.7 Å². The van der Waals surface area contributed by atoms with Crippen molar-refractivity contribution < 1.29 is 29.3 Å². The normalized spacial score (nSPS) is 37.9. The van der Waals surface area contributed by atoms with Gasteiger partial charge in [-0.1, -0.05) is 39.0 Å². The maximum atomic E-state index is 12.5. The summed E-state index contributed by atoms with van der Waals surface area (Å²) < 4.78 is 11.3. The molecule has 2 N–H and O–H groups in total. The molecule has 1 fully saturated rings. The zero-order valence-corrected chi connectivity index (χ0v) is 17.6. The Morgan fingerprint density at radius 2 is 2.07 bits per heavy atom. The second kappa shape index (κ2) is 9.43. The van der Waals surface area contributed by atoms with Gasteiger partial charge < -0.3 is 19.7 Å². The lowest BCUT2D eigenvalue weighted by atomic mass is 9.66. The summed E-state index contributed by atoms with van der Waals surface area (Å²) in [5, 5.41) is 20.2. The summed E-state index contributed by atoms with van der Waals surface area (Å²) in [4.78, 5) is 24.1. The fourth-order valence-corrected chi connectivity index (χ4v) is 4.84. The van der Waals surface area contributed by atoms with Gasteiger partial charge in [0.1, 0.15) is 12.2 Å². The summed E-state index contributed by atoms with van der Waals surface area (Å²) in [5.41, 5.74) is 1.02. The number of esters is 2. The van der Waals surface area contributed by atoms with Gasteiger partial charge in [-0.3, -0.25) is 9.59 Å². The summed E-state index contributed by atoms with van der Waals surface area (Å²) in [7, 11) is 0. The van der Waals surface area contributed by atoms with Gasteiger partial charge >= 0.3 is 11.9 Å². The summed E-state index contributed by atoms with van der Waals surface area (Å²) in [5.74, 6) is -0.203. The highest BCUT2D eigenvalue weighted by molar-refractivity contribution is 5.72. The van der Waals surface area contributed by atoms with Gasteiger partial charge in [0.15, 0.2) is 0 Å². The first kappa shape index (κ1) is 22.0.